The molecular weight excluding hydrogens is 392 g/mol. The van der Waals surface area contributed by atoms with E-state index in [2.05, 4.69) is 15.9 Å². The molecule has 4 aliphatic heterocycles. The zero-order valence-corrected chi connectivity index (χ0v) is 13.5. The van der Waals surface area contributed by atoms with Gasteiger partial charge < -0.3 is 9.47 Å². The Labute approximate surface area is 138 Å². The molecule has 0 aliphatic carbocycles. The van der Waals surface area contributed by atoms with E-state index in [1.807, 2.05) is 0 Å². The third-order valence-electron chi connectivity index (χ3n) is 3.03. The van der Waals surface area contributed by atoms with Gasteiger partial charge in [0.25, 0.3) is 10.1 Å². The molecule has 2 aromatic rings. The summed E-state index contributed by atoms with van der Waals surface area (Å²) in [5, 5.41) is 0. The predicted molar refractivity (Wildman–Crippen MR) is 80.3 cm³/mol. The first kappa shape index (κ1) is 15.7. The van der Waals surface area contributed by atoms with E-state index < -0.39 is 27.0 Å². The Hall–Kier alpha value is -2.23. The summed E-state index contributed by atoms with van der Waals surface area (Å²) in [4.78, 5) is 23.5. The van der Waals surface area contributed by atoms with Crippen molar-refractivity contribution >= 4 is 38.0 Å². The number of benzene rings is 2. The van der Waals surface area contributed by atoms with Gasteiger partial charge >= 0.3 is 11.9 Å². The monoisotopic (exact) mass is 398 g/mol. The van der Waals surface area contributed by atoms with Crippen molar-refractivity contribution in [2.24, 2.45) is 0 Å². The van der Waals surface area contributed by atoms with Crippen LogP contribution >= 0.6 is 15.9 Å². The Morgan fingerprint density at radius 1 is 0.957 bits per heavy atom. The number of carbonyl (C=O) groups is 2. The van der Waals surface area contributed by atoms with Gasteiger partial charge in [-0.1, -0.05) is 0 Å². The summed E-state index contributed by atoms with van der Waals surface area (Å²) >= 11 is 3.14. The molecule has 0 unspecified atom stereocenters. The number of hydrogen-bond acceptors (Lipinski definition) is 6. The van der Waals surface area contributed by atoms with Crippen LogP contribution in [-0.2, 0) is 10.1 Å². The van der Waals surface area contributed by atoms with Crippen LogP contribution in [-0.4, -0.2) is 24.9 Å². The van der Waals surface area contributed by atoms with Crippen LogP contribution in [0.4, 0.5) is 0 Å². The Morgan fingerprint density at radius 2 is 1.70 bits per heavy atom. The van der Waals surface area contributed by atoms with Crippen molar-refractivity contribution in [3.05, 3.63) is 52.0 Å². The van der Waals surface area contributed by atoms with E-state index in [9.17, 15) is 22.6 Å². The Bertz CT molecular complexity index is 950. The lowest BCUT2D eigenvalue weighted by Gasteiger charge is -2.13. The van der Waals surface area contributed by atoms with Crippen molar-refractivity contribution in [3.8, 4) is 11.5 Å². The van der Waals surface area contributed by atoms with Crippen LogP contribution in [0, 0.1) is 0 Å². The fourth-order valence-corrected chi connectivity index (χ4v) is 3.14. The normalized spacial score (nSPS) is 14.0. The van der Waals surface area contributed by atoms with Crippen molar-refractivity contribution in [1.29, 1.82) is 0 Å². The van der Waals surface area contributed by atoms with Crippen molar-refractivity contribution in [3.63, 3.8) is 0 Å². The number of carbonyl (C=O) groups excluding carboxylic acids is 2. The molecule has 1 N–H and O–H groups in total. The third-order valence-corrected chi connectivity index (χ3v) is 4.56. The molecule has 0 amide bonds. The van der Waals surface area contributed by atoms with Crippen LogP contribution < -0.4 is 9.47 Å². The van der Waals surface area contributed by atoms with Crippen LogP contribution in [0.3, 0.4) is 0 Å². The molecule has 0 atom stereocenters. The maximum Gasteiger partial charge on any atom is 0.344 e. The number of ether oxygens (including phenoxy) is 2. The van der Waals surface area contributed by atoms with E-state index in [-0.39, 0.29) is 27.1 Å². The van der Waals surface area contributed by atoms with Gasteiger partial charge in [0.15, 0.2) is 5.75 Å². The first-order chi connectivity index (χ1) is 10.8. The fraction of sp³-hybridized carbons (Fsp3) is 0. The van der Waals surface area contributed by atoms with Gasteiger partial charge in [0.05, 0.1) is 11.1 Å². The molecular formula is C14H7BrO7S. The van der Waals surface area contributed by atoms with Gasteiger partial charge in [0, 0.05) is 10.5 Å². The van der Waals surface area contributed by atoms with Crippen molar-refractivity contribution in [2.75, 3.05) is 0 Å². The summed E-state index contributed by atoms with van der Waals surface area (Å²) in [6, 6.07) is 7.37. The molecule has 6 rings (SSSR count). The number of hydrogen-bond donors (Lipinski definition) is 1. The van der Waals surface area contributed by atoms with E-state index in [1.165, 1.54) is 24.3 Å². The largest absolute Gasteiger partial charge is 0.423 e. The summed E-state index contributed by atoms with van der Waals surface area (Å²) in [7, 11) is -4.69. The molecule has 118 valence electrons. The standard InChI is InChI=1S/C14H7BrO7S/c15-10-5-7-1-3-9(10)14(17)22-11-4-2-8(21-13(7)16)6-12(11)23(18,19)20/h1-6H,(H,18,19,20). The molecule has 4 heterocycles. The molecule has 0 radical (unpaired) electrons. The minimum absolute atomic E-state index is 0.0764. The van der Waals surface area contributed by atoms with Gasteiger partial charge in [-0.2, -0.15) is 8.42 Å². The van der Waals surface area contributed by atoms with E-state index in [4.69, 9.17) is 9.47 Å². The van der Waals surface area contributed by atoms with Crippen LogP contribution in [0.2, 0.25) is 0 Å². The number of esters is 2. The summed E-state index contributed by atoms with van der Waals surface area (Å²) in [6.07, 6.45) is 0. The lowest BCUT2D eigenvalue weighted by Crippen LogP contribution is -2.15. The van der Waals surface area contributed by atoms with Crippen LogP contribution in [0.15, 0.2) is 45.8 Å². The van der Waals surface area contributed by atoms with Gasteiger partial charge in [-0.15, -0.1) is 0 Å². The Balaban J connectivity index is 2.25. The zero-order chi connectivity index (χ0) is 16.8. The molecule has 0 aromatic heterocycles. The second-order valence-corrected chi connectivity index (χ2v) is 6.80. The Morgan fingerprint density at radius 3 is 2.35 bits per heavy atom. The minimum atomic E-state index is -4.69. The summed E-state index contributed by atoms with van der Waals surface area (Å²) in [5.74, 6) is -2.10. The molecule has 4 aliphatic rings. The quantitative estimate of drug-likeness (QED) is 0.446. The second kappa shape index (κ2) is 5.44. The molecule has 2 aromatic carbocycles. The average Bonchev–Trinajstić information content (AvgIpc) is 2.46. The topological polar surface area (TPSA) is 107 Å². The molecule has 0 saturated heterocycles. The van der Waals surface area contributed by atoms with Crippen LogP contribution in [0.25, 0.3) is 0 Å². The van der Waals surface area contributed by atoms with Gasteiger partial charge in [-0.25, -0.2) is 9.59 Å². The lowest BCUT2D eigenvalue weighted by molar-refractivity contribution is 0.0709. The average molecular weight is 399 g/mol. The zero-order valence-electron chi connectivity index (χ0n) is 11.1. The number of rotatable bonds is 1. The third kappa shape index (κ3) is 2.98. The van der Waals surface area contributed by atoms with Crippen LogP contribution in [0.5, 0.6) is 11.5 Å². The highest BCUT2D eigenvalue weighted by molar-refractivity contribution is 9.10. The molecule has 7 nitrogen and oxygen atoms in total. The summed E-state index contributed by atoms with van der Waals surface area (Å²) in [5.41, 5.74) is 0.221. The Kier molecular flexibility index (Phi) is 3.71. The predicted octanol–water partition coefficient (Wildman–Crippen LogP) is 2.45. The van der Waals surface area contributed by atoms with Gasteiger partial charge in [-0.05, 0) is 46.3 Å². The maximum atomic E-state index is 12.2. The smallest absolute Gasteiger partial charge is 0.344 e. The highest BCUT2D eigenvalue weighted by atomic mass is 79.9. The molecule has 23 heavy (non-hydrogen) atoms. The van der Waals surface area contributed by atoms with E-state index in [0.717, 1.165) is 12.1 Å². The highest BCUT2D eigenvalue weighted by Crippen LogP contribution is 2.31. The van der Waals surface area contributed by atoms with Gasteiger partial charge in [0.2, 0.25) is 0 Å². The van der Waals surface area contributed by atoms with Gasteiger partial charge in [0.1, 0.15) is 10.6 Å². The van der Waals surface area contributed by atoms with E-state index in [0.29, 0.717) is 0 Å². The maximum absolute atomic E-state index is 12.2. The van der Waals surface area contributed by atoms with Crippen molar-refractivity contribution in [1.82, 2.24) is 0 Å². The second-order valence-electron chi connectivity index (χ2n) is 4.56. The number of halogens is 1. The molecule has 0 saturated carbocycles. The SMILES string of the molecule is O=C1Oc2ccc(c(S(=O)(=O)O)c2)OC(=O)c2ccc1cc2Br. The first-order valence-electron chi connectivity index (χ1n) is 6.11. The first-order valence-corrected chi connectivity index (χ1v) is 8.34. The van der Waals surface area contributed by atoms with Crippen molar-refractivity contribution in [2.45, 2.75) is 4.90 Å². The van der Waals surface area contributed by atoms with Crippen molar-refractivity contribution < 1.29 is 32.0 Å². The molecule has 0 spiro atoms. The minimum Gasteiger partial charge on any atom is -0.423 e. The van der Waals surface area contributed by atoms with Crippen LogP contribution in [0.1, 0.15) is 20.7 Å². The van der Waals surface area contributed by atoms with E-state index in [1.54, 1.807) is 0 Å². The molecule has 4 bridgehead atoms. The van der Waals surface area contributed by atoms with E-state index >= 15 is 0 Å². The fourth-order valence-electron chi connectivity index (χ4n) is 1.97. The summed E-state index contributed by atoms with van der Waals surface area (Å²) < 4.78 is 42.5. The summed E-state index contributed by atoms with van der Waals surface area (Å²) in [6.45, 7) is 0. The highest BCUT2D eigenvalue weighted by Gasteiger charge is 2.24. The molecule has 9 heteroatoms. The van der Waals surface area contributed by atoms with Gasteiger partial charge in [-0.3, -0.25) is 4.55 Å². The molecule has 0 fully saturated rings. The lowest BCUT2D eigenvalue weighted by atomic mass is 10.1.